The summed E-state index contributed by atoms with van der Waals surface area (Å²) in [4.78, 5) is 24.3. The zero-order chi connectivity index (χ0) is 16.5. The van der Waals surface area contributed by atoms with E-state index in [1.807, 2.05) is 13.0 Å². The average molecular weight is 304 g/mol. The molecule has 0 aliphatic carbocycles. The molecule has 1 aromatic rings. The molecule has 0 spiro atoms. The van der Waals surface area contributed by atoms with E-state index < -0.39 is 6.09 Å². The van der Waals surface area contributed by atoms with Crippen LogP contribution >= 0.6 is 0 Å². The number of nitriles is 1. The molecule has 118 valence electrons. The number of nitrogens with one attached hydrogen (secondary N) is 1. The minimum Gasteiger partial charge on any atom is -0.465 e. The number of nitrogens with two attached hydrogens (primary N) is 1. The molecular formula is C15H20N4O3. The second-order valence-electron chi connectivity index (χ2n) is 4.77. The van der Waals surface area contributed by atoms with E-state index in [-0.39, 0.29) is 18.9 Å². The van der Waals surface area contributed by atoms with Crippen molar-refractivity contribution in [3.63, 3.8) is 0 Å². The van der Waals surface area contributed by atoms with Gasteiger partial charge in [0.15, 0.2) is 0 Å². The lowest BCUT2D eigenvalue weighted by Crippen LogP contribution is -2.33. The van der Waals surface area contributed by atoms with Crippen LogP contribution in [0.25, 0.3) is 0 Å². The van der Waals surface area contributed by atoms with Crippen molar-refractivity contribution < 1.29 is 14.7 Å². The third kappa shape index (κ3) is 4.98. The fraction of sp³-hybridized carbons (Fsp3) is 0.400. The molecule has 7 heteroatoms. The maximum atomic E-state index is 12.3. The van der Waals surface area contributed by atoms with E-state index in [2.05, 4.69) is 5.32 Å². The molecule has 7 nitrogen and oxygen atoms in total. The van der Waals surface area contributed by atoms with E-state index in [4.69, 9.17) is 16.1 Å². The lowest BCUT2D eigenvalue weighted by Gasteiger charge is -2.24. The number of carbonyl (C=O) groups excluding carboxylic acids is 1. The number of rotatable bonds is 7. The topological polar surface area (TPSA) is 119 Å². The van der Waals surface area contributed by atoms with E-state index in [9.17, 15) is 9.59 Å². The molecule has 0 heterocycles. The predicted molar refractivity (Wildman–Crippen MR) is 83.5 cm³/mol. The van der Waals surface area contributed by atoms with Gasteiger partial charge in [-0.15, -0.1) is 0 Å². The van der Waals surface area contributed by atoms with Crippen molar-refractivity contribution in [2.24, 2.45) is 0 Å². The van der Waals surface area contributed by atoms with Gasteiger partial charge in [0.25, 0.3) is 0 Å². The first-order valence-electron chi connectivity index (χ1n) is 7.06. The van der Waals surface area contributed by atoms with E-state index in [0.29, 0.717) is 29.9 Å². The van der Waals surface area contributed by atoms with Gasteiger partial charge in [-0.25, -0.2) is 4.79 Å². The molecule has 0 atom stereocenters. The Bertz CT molecular complexity index is 581. The summed E-state index contributed by atoms with van der Waals surface area (Å²) >= 11 is 0. The molecule has 22 heavy (non-hydrogen) atoms. The van der Waals surface area contributed by atoms with E-state index in [1.165, 1.54) is 0 Å². The van der Waals surface area contributed by atoms with Crippen LogP contribution in [-0.4, -0.2) is 30.2 Å². The van der Waals surface area contributed by atoms with Crippen LogP contribution in [0.5, 0.6) is 0 Å². The zero-order valence-corrected chi connectivity index (χ0v) is 12.5. The zero-order valence-electron chi connectivity index (χ0n) is 12.5. The Hall–Kier alpha value is -2.75. The number of nitrogen functional groups attached to an aromatic ring is 1. The Balaban J connectivity index is 2.82. The molecule has 0 radical (unpaired) electrons. The van der Waals surface area contributed by atoms with Crippen LogP contribution in [0.2, 0.25) is 0 Å². The van der Waals surface area contributed by atoms with Crippen LogP contribution in [0.15, 0.2) is 18.2 Å². The van der Waals surface area contributed by atoms with Crippen molar-refractivity contribution in [1.82, 2.24) is 5.32 Å². The highest BCUT2D eigenvalue weighted by atomic mass is 16.4. The molecule has 0 saturated heterocycles. The van der Waals surface area contributed by atoms with Crippen molar-refractivity contribution in [3.8, 4) is 6.07 Å². The minimum atomic E-state index is -1.11. The number of anilines is 2. The third-order valence-electron chi connectivity index (χ3n) is 3.04. The van der Waals surface area contributed by atoms with Gasteiger partial charge in [0, 0.05) is 19.5 Å². The molecule has 2 amide bonds. The fourth-order valence-electron chi connectivity index (χ4n) is 2.02. The minimum absolute atomic E-state index is 0.143. The van der Waals surface area contributed by atoms with E-state index in [0.717, 1.165) is 6.42 Å². The quantitative estimate of drug-likeness (QED) is 0.525. The second kappa shape index (κ2) is 8.52. The Labute approximate surface area is 129 Å². The number of nitrogens with zero attached hydrogens (tertiary/aromatic N) is 2. The summed E-state index contributed by atoms with van der Waals surface area (Å²) in [7, 11) is 0. The summed E-state index contributed by atoms with van der Waals surface area (Å²) in [5, 5.41) is 19.7. The lowest BCUT2D eigenvalue weighted by atomic mass is 10.1. The highest BCUT2D eigenvalue weighted by Gasteiger charge is 2.17. The number of amides is 2. The molecule has 0 saturated carbocycles. The highest BCUT2D eigenvalue weighted by Crippen LogP contribution is 2.25. The normalized spacial score (nSPS) is 9.82. The number of carbonyl (C=O) groups is 2. The molecule has 0 aliphatic heterocycles. The van der Waals surface area contributed by atoms with Gasteiger partial charge in [-0.2, -0.15) is 5.26 Å². The number of carboxylic acid groups (broad SMARTS) is 1. The number of hydrogen-bond donors (Lipinski definition) is 3. The van der Waals surface area contributed by atoms with Gasteiger partial charge in [0.05, 0.1) is 23.0 Å². The van der Waals surface area contributed by atoms with Crippen LogP contribution < -0.4 is 16.0 Å². The highest BCUT2D eigenvalue weighted by molar-refractivity contribution is 5.96. The van der Waals surface area contributed by atoms with Crippen molar-refractivity contribution in [2.75, 3.05) is 23.7 Å². The molecule has 0 fully saturated rings. The molecule has 0 aromatic heterocycles. The standard InChI is InChI=1S/C15H20N4O3/c1-2-8-19(14(20)4-3-7-18-15(21)22)13-9-11(10-16)5-6-12(13)17/h5-6,9,18H,2-4,7-8,17H2,1H3,(H,21,22). The lowest BCUT2D eigenvalue weighted by molar-refractivity contribution is -0.118. The van der Waals surface area contributed by atoms with Gasteiger partial charge in [-0.3, -0.25) is 4.79 Å². The van der Waals surface area contributed by atoms with E-state index in [1.54, 1.807) is 23.1 Å². The maximum absolute atomic E-state index is 12.3. The summed E-state index contributed by atoms with van der Waals surface area (Å²) in [6, 6.07) is 6.83. The summed E-state index contributed by atoms with van der Waals surface area (Å²) in [5.74, 6) is -0.143. The van der Waals surface area contributed by atoms with Gasteiger partial charge in [-0.05, 0) is 31.0 Å². The largest absolute Gasteiger partial charge is 0.465 e. The van der Waals surface area contributed by atoms with Gasteiger partial charge in [0.2, 0.25) is 5.91 Å². The Kier molecular flexibility index (Phi) is 6.70. The Morgan fingerprint density at radius 2 is 2.18 bits per heavy atom. The second-order valence-corrected chi connectivity index (χ2v) is 4.77. The number of hydrogen-bond acceptors (Lipinski definition) is 4. The van der Waals surface area contributed by atoms with Gasteiger partial charge < -0.3 is 21.1 Å². The number of benzene rings is 1. The Morgan fingerprint density at radius 1 is 1.45 bits per heavy atom. The first kappa shape index (κ1) is 17.3. The summed E-state index contributed by atoms with van der Waals surface area (Å²) in [6.45, 7) is 2.65. The maximum Gasteiger partial charge on any atom is 0.404 e. The molecule has 0 aliphatic rings. The van der Waals surface area contributed by atoms with Crippen molar-refractivity contribution in [1.29, 1.82) is 5.26 Å². The van der Waals surface area contributed by atoms with E-state index >= 15 is 0 Å². The van der Waals surface area contributed by atoms with Crippen molar-refractivity contribution in [2.45, 2.75) is 26.2 Å². The molecular weight excluding hydrogens is 284 g/mol. The molecule has 1 aromatic carbocycles. The molecule has 1 rings (SSSR count). The van der Waals surface area contributed by atoms with Crippen LogP contribution in [0.1, 0.15) is 31.7 Å². The fourth-order valence-corrected chi connectivity index (χ4v) is 2.02. The van der Waals surface area contributed by atoms with Crippen LogP contribution in [0, 0.1) is 11.3 Å². The molecule has 0 bridgehead atoms. The first-order chi connectivity index (χ1) is 10.5. The van der Waals surface area contributed by atoms with Crippen LogP contribution in [0.4, 0.5) is 16.2 Å². The smallest absolute Gasteiger partial charge is 0.404 e. The monoisotopic (exact) mass is 304 g/mol. The predicted octanol–water partition coefficient (Wildman–Crippen LogP) is 1.93. The van der Waals surface area contributed by atoms with Gasteiger partial charge >= 0.3 is 6.09 Å². The van der Waals surface area contributed by atoms with Crippen molar-refractivity contribution >= 4 is 23.4 Å². The molecule has 4 N–H and O–H groups in total. The summed E-state index contributed by atoms with van der Waals surface area (Å²) in [5.41, 5.74) is 7.31. The molecule has 0 unspecified atom stereocenters. The van der Waals surface area contributed by atoms with Crippen LogP contribution in [-0.2, 0) is 4.79 Å². The van der Waals surface area contributed by atoms with Gasteiger partial charge in [-0.1, -0.05) is 6.92 Å². The SMILES string of the molecule is CCCN(C(=O)CCCNC(=O)O)c1cc(C#N)ccc1N. The average Bonchev–Trinajstić information content (AvgIpc) is 2.49. The third-order valence-corrected chi connectivity index (χ3v) is 3.04. The van der Waals surface area contributed by atoms with Gasteiger partial charge in [0.1, 0.15) is 0 Å². The first-order valence-corrected chi connectivity index (χ1v) is 7.06. The Morgan fingerprint density at radius 3 is 2.77 bits per heavy atom. The van der Waals surface area contributed by atoms with Crippen molar-refractivity contribution in [3.05, 3.63) is 23.8 Å². The van der Waals surface area contributed by atoms with Crippen LogP contribution in [0.3, 0.4) is 0 Å². The summed E-state index contributed by atoms with van der Waals surface area (Å²) < 4.78 is 0. The summed E-state index contributed by atoms with van der Waals surface area (Å²) in [6.07, 6.45) is 0.249.